The largest absolute Gasteiger partial charge is 0.340 e. The monoisotopic (exact) mass is 441 g/mol. The molecular weight excluding hydrogens is 418 g/mol. The minimum atomic E-state index is -0.128. The zero-order valence-electron chi connectivity index (χ0n) is 16.2. The Hall–Kier alpha value is -2.41. The highest BCUT2D eigenvalue weighted by Crippen LogP contribution is 2.26. The molecule has 7 heteroatoms. The summed E-state index contributed by atoms with van der Waals surface area (Å²) < 4.78 is 5.07. The molecule has 4 rings (SSSR count). The minimum absolute atomic E-state index is 0.128. The van der Waals surface area contributed by atoms with Crippen LogP contribution in [-0.2, 0) is 13.0 Å². The molecule has 0 unspecified atom stereocenters. The molecule has 1 N–H and O–H groups in total. The van der Waals surface area contributed by atoms with Gasteiger partial charge in [-0.15, -0.1) is 10.2 Å². The molecule has 0 aliphatic carbocycles. The van der Waals surface area contributed by atoms with E-state index in [4.69, 9.17) is 0 Å². The summed E-state index contributed by atoms with van der Waals surface area (Å²) in [6, 6.07) is 9.88. The van der Waals surface area contributed by atoms with E-state index in [1.165, 1.54) is 12.8 Å². The van der Waals surface area contributed by atoms with Crippen LogP contribution in [0.3, 0.4) is 0 Å². The maximum Gasteiger partial charge on any atom is 0.272 e. The first kappa shape index (κ1) is 18.9. The van der Waals surface area contributed by atoms with Gasteiger partial charge in [0.2, 0.25) is 0 Å². The summed E-state index contributed by atoms with van der Waals surface area (Å²) in [5.74, 6) is 1.81. The maximum absolute atomic E-state index is 12.8. The van der Waals surface area contributed by atoms with Gasteiger partial charge in [0.1, 0.15) is 11.5 Å². The Kier molecular flexibility index (Phi) is 5.35. The third-order valence-electron chi connectivity index (χ3n) is 5.09. The number of hydrogen-bond acceptors (Lipinski definition) is 3. The zero-order chi connectivity index (χ0) is 19.7. The number of anilines is 1. The molecule has 0 atom stereocenters. The second-order valence-corrected chi connectivity index (χ2v) is 8.40. The number of halogens is 1. The van der Waals surface area contributed by atoms with Crippen molar-refractivity contribution in [1.29, 1.82) is 0 Å². The Morgan fingerprint density at radius 1 is 1.18 bits per heavy atom. The first-order valence-corrected chi connectivity index (χ1v) is 10.5. The highest BCUT2D eigenvalue weighted by atomic mass is 79.9. The lowest BCUT2D eigenvalue weighted by molar-refractivity contribution is 0.101. The lowest BCUT2D eigenvalue weighted by Crippen LogP contribution is -2.17. The third kappa shape index (κ3) is 3.76. The summed E-state index contributed by atoms with van der Waals surface area (Å²) in [5, 5.41) is 11.8. The van der Waals surface area contributed by atoms with E-state index in [1.807, 2.05) is 41.1 Å². The van der Waals surface area contributed by atoms with Gasteiger partial charge in [-0.3, -0.25) is 4.79 Å². The van der Waals surface area contributed by atoms with Crippen molar-refractivity contribution < 1.29 is 4.79 Å². The predicted octanol–water partition coefficient (Wildman–Crippen LogP) is 5.07. The molecule has 0 saturated heterocycles. The predicted molar refractivity (Wildman–Crippen MR) is 113 cm³/mol. The van der Waals surface area contributed by atoms with Gasteiger partial charge in [0.25, 0.3) is 5.91 Å². The Bertz CT molecular complexity index is 1000. The molecule has 1 aromatic carbocycles. The molecule has 0 spiro atoms. The molecule has 1 aliphatic rings. The first-order chi connectivity index (χ1) is 13.5. The first-order valence-electron chi connectivity index (χ1n) is 9.74. The quantitative estimate of drug-likeness (QED) is 0.614. The molecule has 3 aromatic rings. The SMILES string of the molecule is CC(C)n1cc(Br)cc1C(=O)Nc1cccc(-c2nnc3n2CCCCC3)c1. The molecule has 3 heterocycles. The molecule has 146 valence electrons. The number of rotatable bonds is 4. The molecule has 6 nitrogen and oxygen atoms in total. The molecule has 1 amide bonds. The smallest absolute Gasteiger partial charge is 0.272 e. The number of aryl methyl sites for hydroxylation is 1. The Morgan fingerprint density at radius 3 is 2.86 bits per heavy atom. The van der Waals surface area contributed by atoms with E-state index < -0.39 is 0 Å². The van der Waals surface area contributed by atoms with Crippen LogP contribution in [0.15, 0.2) is 41.0 Å². The number of nitrogens with one attached hydrogen (secondary N) is 1. The topological polar surface area (TPSA) is 64.7 Å². The average Bonchev–Trinajstić information content (AvgIpc) is 3.18. The van der Waals surface area contributed by atoms with Crippen LogP contribution in [0.1, 0.15) is 55.5 Å². The molecule has 0 saturated carbocycles. The summed E-state index contributed by atoms with van der Waals surface area (Å²) in [6.07, 6.45) is 6.45. The number of carbonyl (C=O) groups is 1. The summed E-state index contributed by atoms with van der Waals surface area (Å²) in [7, 11) is 0. The van der Waals surface area contributed by atoms with E-state index in [2.05, 4.69) is 49.9 Å². The normalized spacial score (nSPS) is 14.0. The fourth-order valence-corrected chi connectivity index (χ4v) is 4.12. The van der Waals surface area contributed by atoms with Gasteiger partial charge in [-0.25, -0.2) is 0 Å². The molecule has 0 radical (unpaired) electrons. The van der Waals surface area contributed by atoms with Crippen LogP contribution in [0.4, 0.5) is 5.69 Å². The van der Waals surface area contributed by atoms with Crippen LogP contribution in [0.5, 0.6) is 0 Å². The number of carbonyl (C=O) groups excluding carboxylic acids is 1. The van der Waals surface area contributed by atoms with Gasteiger partial charge in [0.15, 0.2) is 5.82 Å². The number of aromatic nitrogens is 4. The van der Waals surface area contributed by atoms with Crippen molar-refractivity contribution in [1.82, 2.24) is 19.3 Å². The van der Waals surface area contributed by atoms with E-state index in [-0.39, 0.29) is 11.9 Å². The van der Waals surface area contributed by atoms with Crippen molar-refractivity contribution in [3.63, 3.8) is 0 Å². The Labute approximate surface area is 173 Å². The van der Waals surface area contributed by atoms with E-state index >= 15 is 0 Å². The van der Waals surface area contributed by atoms with Crippen LogP contribution in [0.25, 0.3) is 11.4 Å². The van der Waals surface area contributed by atoms with Crippen molar-refractivity contribution >= 4 is 27.5 Å². The van der Waals surface area contributed by atoms with Gasteiger partial charge < -0.3 is 14.5 Å². The lowest BCUT2D eigenvalue weighted by Gasteiger charge is -2.13. The van der Waals surface area contributed by atoms with Gasteiger partial charge in [0, 0.05) is 40.9 Å². The van der Waals surface area contributed by atoms with Crippen molar-refractivity contribution in [2.75, 3.05) is 5.32 Å². The average molecular weight is 442 g/mol. The van der Waals surface area contributed by atoms with Gasteiger partial charge in [-0.1, -0.05) is 18.6 Å². The number of benzene rings is 1. The van der Waals surface area contributed by atoms with E-state index in [9.17, 15) is 4.79 Å². The van der Waals surface area contributed by atoms with Gasteiger partial charge in [-0.05, 0) is 60.8 Å². The summed E-state index contributed by atoms with van der Waals surface area (Å²) in [6.45, 7) is 5.06. The molecular formula is C21H24BrN5O. The molecule has 0 fully saturated rings. The van der Waals surface area contributed by atoms with Gasteiger partial charge >= 0.3 is 0 Å². The highest BCUT2D eigenvalue weighted by Gasteiger charge is 2.18. The highest BCUT2D eigenvalue weighted by molar-refractivity contribution is 9.10. The van der Waals surface area contributed by atoms with Gasteiger partial charge in [0.05, 0.1) is 0 Å². The third-order valence-corrected chi connectivity index (χ3v) is 5.53. The lowest BCUT2D eigenvalue weighted by atomic mass is 10.2. The van der Waals surface area contributed by atoms with Crippen molar-refractivity contribution in [2.24, 2.45) is 0 Å². The standard InChI is InChI=1S/C21H24BrN5O/c1-14(2)27-13-16(22)12-18(27)21(28)23-17-8-6-7-15(11-17)20-25-24-19-9-4-3-5-10-26(19)20/h6-8,11-14H,3-5,9-10H2,1-2H3,(H,23,28). The molecule has 0 bridgehead atoms. The van der Waals surface area contributed by atoms with Crippen molar-refractivity contribution in [3.05, 3.63) is 52.5 Å². The van der Waals surface area contributed by atoms with Crippen LogP contribution < -0.4 is 5.32 Å². The number of amides is 1. The number of hydrogen-bond donors (Lipinski definition) is 1. The molecule has 2 aromatic heterocycles. The van der Waals surface area contributed by atoms with Crippen molar-refractivity contribution in [2.45, 2.75) is 52.1 Å². The van der Waals surface area contributed by atoms with Crippen LogP contribution in [-0.4, -0.2) is 25.2 Å². The van der Waals surface area contributed by atoms with E-state index in [0.717, 1.165) is 46.8 Å². The fourth-order valence-electron chi connectivity index (χ4n) is 3.68. The van der Waals surface area contributed by atoms with Gasteiger partial charge in [-0.2, -0.15) is 0 Å². The second kappa shape index (κ2) is 7.91. The van der Waals surface area contributed by atoms with Crippen molar-refractivity contribution in [3.8, 4) is 11.4 Å². The van der Waals surface area contributed by atoms with E-state index in [0.29, 0.717) is 5.69 Å². The second-order valence-electron chi connectivity index (χ2n) is 7.48. The Balaban J connectivity index is 1.60. The zero-order valence-corrected chi connectivity index (χ0v) is 17.7. The summed E-state index contributed by atoms with van der Waals surface area (Å²) in [5.41, 5.74) is 2.35. The molecule has 28 heavy (non-hydrogen) atoms. The summed E-state index contributed by atoms with van der Waals surface area (Å²) in [4.78, 5) is 12.8. The number of fused-ring (bicyclic) bond motifs is 1. The van der Waals surface area contributed by atoms with Crippen LogP contribution in [0.2, 0.25) is 0 Å². The van der Waals surface area contributed by atoms with Crippen LogP contribution in [0, 0.1) is 0 Å². The van der Waals surface area contributed by atoms with Crippen LogP contribution >= 0.6 is 15.9 Å². The fraction of sp³-hybridized carbons (Fsp3) is 0.381. The maximum atomic E-state index is 12.8. The minimum Gasteiger partial charge on any atom is -0.340 e. The summed E-state index contributed by atoms with van der Waals surface area (Å²) >= 11 is 3.47. The number of nitrogens with zero attached hydrogens (tertiary/aromatic N) is 4. The molecule has 1 aliphatic heterocycles. The Morgan fingerprint density at radius 2 is 2.04 bits per heavy atom. The van der Waals surface area contributed by atoms with E-state index in [1.54, 1.807) is 0 Å².